The third-order valence-electron chi connectivity index (χ3n) is 4.66. The van der Waals surface area contributed by atoms with Gasteiger partial charge in [-0.15, -0.1) is 0 Å². The van der Waals surface area contributed by atoms with Crippen LogP contribution in [0.15, 0.2) is 36.4 Å². The predicted molar refractivity (Wildman–Crippen MR) is 94.4 cm³/mol. The van der Waals surface area contributed by atoms with E-state index in [4.69, 9.17) is 9.47 Å². The Morgan fingerprint density at radius 1 is 1.19 bits per heavy atom. The number of benzene rings is 2. The fraction of sp³-hybridized carbons (Fsp3) is 0.300. The Hall–Kier alpha value is -2.73. The molecular weight excluding hydrogens is 337 g/mol. The summed E-state index contributed by atoms with van der Waals surface area (Å²) in [5.41, 5.74) is 0.976. The Morgan fingerprint density at radius 2 is 1.88 bits per heavy atom. The molecule has 0 saturated heterocycles. The molecule has 136 valence electrons. The first-order valence-corrected chi connectivity index (χ1v) is 8.31. The maximum Gasteiger partial charge on any atom is 0.365 e. The molecule has 0 aliphatic carbocycles. The van der Waals surface area contributed by atoms with Crippen molar-refractivity contribution in [3.05, 3.63) is 64.5 Å². The van der Waals surface area contributed by atoms with Gasteiger partial charge in [0, 0.05) is 18.2 Å². The first-order valence-electron chi connectivity index (χ1n) is 8.31. The number of aryl methyl sites for hydroxylation is 2. The van der Waals surface area contributed by atoms with E-state index >= 15 is 0 Å². The van der Waals surface area contributed by atoms with Crippen LogP contribution in [0.4, 0.5) is 10.1 Å². The van der Waals surface area contributed by atoms with Crippen molar-refractivity contribution in [2.75, 3.05) is 18.6 Å². The molecule has 1 heterocycles. The van der Waals surface area contributed by atoms with Crippen molar-refractivity contribution in [3.8, 4) is 0 Å². The molecule has 0 spiro atoms. The summed E-state index contributed by atoms with van der Waals surface area (Å²) in [6, 6.07) is 8.96. The van der Waals surface area contributed by atoms with Crippen LogP contribution in [0.2, 0.25) is 0 Å². The highest BCUT2D eigenvalue weighted by Gasteiger charge is 2.58. The smallest absolute Gasteiger partial charge is 0.365 e. The van der Waals surface area contributed by atoms with Crippen LogP contribution in [-0.2, 0) is 20.0 Å². The Balaban J connectivity index is 2.32. The maximum atomic E-state index is 13.8. The van der Waals surface area contributed by atoms with Gasteiger partial charge in [-0.05, 0) is 62.2 Å². The monoisotopic (exact) mass is 357 g/mol. The second-order valence-electron chi connectivity index (χ2n) is 6.17. The molecule has 1 aliphatic rings. The molecule has 0 fully saturated rings. The average Bonchev–Trinajstić information content (AvgIpc) is 2.84. The molecule has 1 aliphatic heterocycles. The Kier molecular flexibility index (Phi) is 4.54. The predicted octanol–water partition coefficient (Wildman–Crippen LogP) is 3.47. The number of hydrogen-bond donors (Lipinski definition) is 0. The fourth-order valence-corrected chi connectivity index (χ4v) is 3.29. The van der Waals surface area contributed by atoms with Crippen molar-refractivity contribution >= 4 is 17.6 Å². The van der Waals surface area contributed by atoms with E-state index in [0.29, 0.717) is 11.1 Å². The van der Waals surface area contributed by atoms with E-state index in [9.17, 15) is 14.0 Å². The average molecular weight is 357 g/mol. The summed E-state index contributed by atoms with van der Waals surface area (Å²) < 4.78 is 24.7. The number of fused-ring (bicyclic) bond motifs is 1. The lowest BCUT2D eigenvalue weighted by Gasteiger charge is -2.35. The Morgan fingerprint density at radius 3 is 2.50 bits per heavy atom. The molecule has 3 rings (SSSR count). The topological polar surface area (TPSA) is 55.8 Å². The van der Waals surface area contributed by atoms with Crippen molar-refractivity contribution in [1.29, 1.82) is 0 Å². The summed E-state index contributed by atoms with van der Waals surface area (Å²) in [4.78, 5) is 27.3. The normalized spacial score (nSPS) is 18.8. The number of amides is 1. The molecule has 6 heteroatoms. The van der Waals surface area contributed by atoms with E-state index in [-0.39, 0.29) is 12.3 Å². The number of nitrogens with zero attached hydrogens (tertiary/aromatic N) is 1. The summed E-state index contributed by atoms with van der Waals surface area (Å²) in [5.74, 6) is -1.68. The standard InChI is InChI=1S/C20H20FNO4/c1-5-26-19(24)20(25-4)17-10-13(3)12(2)9-16(17)18(23)22(20)15-8-6-7-14(21)11-15/h6-11H,5H2,1-4H3. The van der Waals surface area contributed by atoms with Crippen LogP contribution in [0.5, 0.6) is 0 Å². The zero-order chi connectivity index (χ0) is 19.1. The fourth-order valence-electron chi connectivity index (χ4n) is 3.29. The number of methoxy groups -OCH3 is 1. The van der Waals surface area contributed by atoms with Crippen molar-refractivity contribution in [3.63, 3.8) is 0 Å². The molecule has 1 atom stereocenters. The number of hydrogen-bond acceptors (Lipinski definition) is 4. The first kappa shape index (κ1) is 18.1. The molecular formula is C20H20FNO4. The van der Waals surface area contributed by atoms with Gasteiger partial charge in [-0.3, -0.25) is 9.69 Å². The lowest BCUT2D eigenvalue weighted by molar-refractivity contribution is -0.168. The van der Waals surface area contributed by atoms with E-state index in [1.165, 1.54) is 25.3 Å². The SMILES string of the molecule is CCOC(=O)C1(OC)c2cc(C)c(C)cc2C(=O)N1c1cccc(F)c1. The van der Waals surface area contributed by atoms with Crippen LogP contribution in [0.25, 0.3) is 0 Å². The highest BCUT2D eigenvalue weighted by molar-refractivity contribution is 6.16. The maximum absolute atomic E-state index is 13.8. The van der Waals surface area contributed by atoms with E-state index in [1.54, 1.807) is 25.1 Å². The zero-order valence-corrected chi connectivity index (χ0v) is 15.1. The summed E-state index contributed by atoms with van der Waals surface area (Å²) in [6.07, 6.45) is 0. The van der Waals surface area contributed by atoms with Gasteiger partial charge in [-0.1, -0.05) is 6.07 Å². The van der Waals surface area contributed by atoms with Crippen LogP contribution >= 0.6 is 0 Å². The molecule has 0 bridgehead atoms. The molecule has 2 aromatic carbocycles. The van der Waals surface area contributed by atoms with E-state index < -0.39 is 23.4 Å². The van der Waals surface area contributed by atoms with Gasteiger partial charge in [0.15, 0.2) is 0 Å². The number of ether oxygens (including phenoxy) is 2. The number of carbonyl (C=O) groups excluding carboxylic acids is 2. The minimum absolute atomic E-state index is 0.120. The van der Waals surface area contributed by atoms with Crippen molar-refractivity contribution in [2.45, 2.75) is 26.5 Å². The lowest BCUT2D eigenvalue weighted by atomic mass is 9.95. The van der Waals surface area contributed by atoms with Gasteiger partial charge in [-0.25, -0.2) is 9.18 Å². The zero-order valence-electron chi connectivity index (χ0n) is 15.1. The van der Waals surface area contributed by atoms with Gasteiger partial charge >= 0.3 is 5.97 Å². The van der Waals surface area contributed by atoms with Crippen molar-refractivity contribution in [2.24, 2.45) is 0 Å². The third-order valence-corrected chi connectivity index (χ3v) is 4.66. The van der Waals surface area contributed by atoms with Gasteiger partial charge in [0.2, 0.25) is 0 Å². The van der Waals surface area contributed by atoms with E-state index in [0.717, 1.165) is 16.0 Å². The molecule has 0 radical (unpaired) electrons. The summed E-state index contributed by atoms with van der Waals surface area (Å²) in [5, 5.41) is 0. The molecule has 2 aromatic rings. The highest BCUT2D eigenvalue weighted by Crippen LogP contribution is 2.44. The Bertz CT molecular complexity index is 895. The van der Waals surface area contributed by atoms with Crippen molar-refractivity contribution in [1.82, 2.24) is 0 Å². The van der Waals surface area contributed by atoms with Crippen molar-refractivity contribution < 1.29 is 23.5 Å². The van der Waals surface area contributed by atoms with Crippen LogP contribution in [-0.4, -0.2) is 25.6 Å². The highest BCUT2D eigenvalue weighted by atomic mass is 19.1. The second kappa shape index (κ2) is 6.53. The van der Waals surface area contributed by atoms with Crippen LogP contribution in [0, 0.1) is 19.7 Å². The minimum Gasteiger partial charge on any atom is -0.462 e. The molecule has 0 saturated carbocycles. The summed E-state index contributed by atoms with van der Waals surface area (Å²) in [7, 11) is 1.33. The van der Waals surface area contributed by atoms with Crippen LogP contribution in [0.3, 0.4) is 0 Å². The quantitative estimate of drug-likeness (QED) is 0.787. The molecule has 0 N–H and O–H groups in total. The number of anilines is 1. The van der Waals surface area contributed by atoms with Gasteiger partial charge in [0.1, 0.15) is 5.82 Å². The van der Waals surface area contributed by atoms with E-state index in [2.05, 4.69) is 0 Å². The lowest BCUT2D eigenvalue weighted by Crippen LogP contribution is -2.52. The van der Waals surface area contributed by atoms with E-state index in [1.807, 2.05) is 13.8 Å². The largest absolute Gasteiger partial charge is 0.462 e. The van der Waals surface area contributed by atoms with Gasteiger partial charge < -0.3 is 9.47 Å². The molecule has 26 heavy (non-hydrogen) atoms. The third kappa shape index (κ3) is 2.49. The summed E-state index contributed by atoms with van der Waals surface area (Å²) in [6.45, 7) is 5.56. The number of rotatable bonds is 4. The number of carbonyl (C=O) groups is 2. The van der Waals surface area contributed by atoms with Gasteiger partial charge in [0.05, 0.1) is 12.3 Å². The Labute approximate surface area is 151 Å². The van der Waals surface area contributed by atoms with Gasteiger partial charge in [-0.2, -0.15) is 0 Å². The minimum atomic E-state index is -1.80. The molecule has 1 amide bonds. The first-order chi connectivity index (χ1) is 12.4. The number of halogens is 1. The molecule has 0 aromatic heterocycles. The summed E-state index contributed by atoms with van der Waals surface area (Å²) >= 11 is 0. The van der Waals surface area contributed by atoms with Crippen LogP contribution in [0.1, 0.15) is 34.0 Å². The second-order valence-corrected chi connectivity index (χ2v) is 6.17. The number of esters is 1. The van der Waals surface area contributed by atoms with Crippen LogP contribution < -0.4 is 4.90 Å². The molecule has 5 nitrogen and oxygen atoms in total. The van der Waals surface area contributed by atoms with Gasteiger partial charge in [0.25, 0.3) is 11.6 Å². The molecule has 1 unspecified atom stereocenters.